The minimum atomic E-state index is -2.81. The number of amides is 1. The molecule has 39 heavy (non-hydrogen) atoms. The van der Waals surface area contributed by atoms with Gasteiger partial charge in [-0.25, -0.2) is 23.1 Å². The normalized spacial score (nSPS) is 26.2. The van der Waals surface area contributed by atoms with Gasteiger partial charge in [0.25, 0.3) is 5.92 Å². The van der Waals surface area contributed by atoms with Crippen LogP contribution < -0.4 is 11.1 Å². The number of carbonyl (C=O) groups is 1. The van der Waals surface area contributed by atoms with Crippen molar-refractivity contribution in [2.45, 2.75) is 95.5 Å². The van der Waals surface area contributed by atoms with Crippen LogP contribution in [0.5, 0.6) is 0 Å². The Morgan fingerprint density at radius 1 is 1.28 bits per heavy atom. The number of anilines is 1. The summed E-state index contributed by atoms with van der Waals surface area (Å²) < 4.78 is 54.1. The van der Waals surface area contributed by atoms with Crippen molar-refractivity contribution in [2.24, 2.45) is 0 Å². The Morgan fingerprint density at radius 3 is 2.72 bits per heavy atom. The van der Waals surface area contributed by atoms with E-state index in [0.29, 0.717) is 24.3 Å². The number of nitrogens with two attached hydrogens (primary N) is 1. The fourth-order valence-corrected chi connectivity index (χ4v) is 5.11. The van der Waals surface area contributed by atoms with Crippen LogP contribution in [0.15, 0.2) is 18.5 Å². The minimum Gasteiger partial charge on any atom is -0.444 e. The molecule has 0 spiro atoms. The Kier molecular flexibility index (Phi) is 8.36. The van der Waals surface area contributed by atoms with Gasteiger partial charge < -0.3 is 30.0 Å². The highest BCUT2D eigenvalue weighted by molar-refractivity contribution is 5.67. The van der Waals surface area contributed by atoms with E-state index in [0.717, 1.165) is 5.69 Å². The lowest BCUT2D eigenvalue weighted by molar-refractivity contribution is -0.231. The van der Waals surface area contributed by atoms with Crippen LogP contribution in [0.25, 0.3) is 5.52 Å². The molecule has 0 saturated carbocycles. The van der Waals surface area contributed by atoms with E-state index in [1.54, 1.807) is 32.4 Å². The molecule has 4 heterocycles. The lowest BCUT2D eigenvalue weighted by Crippen LogP contribution is -2.54. The summed E-state index contributed by atoms with van der Waals surface area (Å²) >= 11 is 0. The third-order valence-corrected chi connectivity index (χ3v) is 7.04. The largest absolute Gasteiger partial charge is 0.444 e. The average Bonchev–Trinajstić information content (AvgIpc) is 3.42. The van der Waals surface area contributed by atoms with Gasteiger partial charge in [-0.1, -0.05) is 0 Å². The third-order valence-electron chi connectivity index (χ3n) is 7.04. The van der Waals surface area contributed by atoms with Gasteiger partial charge >= 0.3 is 6.09 Å². The average molecular weight is 555 g/mol. The van der Waals surface area contributed by atoms with Crippen molar-refractivity contribution in [1.29, 1.82) is 0 Å². The van der Waals surface area contributed by atoms with Crippen molar-refractivity contribution in [1.82, 2.24) is 24.8 Å². The van der Waals surface area contributed by atoms with Crippen molar-refractivity contribution >= 4 is 17.4 Å². The summed E-state index contributed by atoms with van der Waals surface area (Å²) in [6, 6.07) is 3.11. The molecule has 3 N–H and O–H groups in total. The van der Waals surface area contributed by atoms with Crippen molar-refractivity contribution in [3.63, 3.8) is 0 Å². The number of carbonyl (C=O) groups excluding carboxylic acids is 1. The molecule has 0 bridgehead atoms. The minimum absolute atomic E-state index is 0.0385. The van der Waals surface area contributed by atoms with Gasteiger partial charge in [0.05, 0.1) is 17.9 Å². The van der Waals surface area contributed by atoms with Gasteiger partial charge in [-0.15, -0.1) is 0 Å². The molecular weight excluding hydrogens is 514 g/mol. The quantitative estimate of drug-likeness (QED) is 0.472. The summed E-state index contributed by atoms with van der Waals surface area (Å²) in [4.78, 5) is 18.2. The number of nitrogen functional groups attached to an aromatic ring is 1. The zero-order valence-electron chi connectivity index (χ0n) is 23.4. The second-order valence-corrected chi connectivity index (χ2v) is 11.7. The molecule has 2 aliphatic heterocycles. The summed E-state index contributed by atoms with van der Waals surface area (Å²) in [6.45, 7) is 9.49. The molecule has 2 fully saturated rings. The second-order valence-electron chi connectivity index (χ2n) is 11.7. The molecule has 2 aromatic rings. The van der Waals surface area contributed by atoms with Gasteiger partial charge in [0, 0.05) is 52.0 Å². The first-order chi connectivity index (χ1) is 18.2. The SMILES string of the molecule is COC(C)(C)O[C@@H]1C[C@@H](CN2CCC(F)(F)C[C@H]2CNC(=O)OC(C)(C)C)O[C@H]1c1ccc2c(N)ncnn12. The number of ether oxygens (including phenoxy) is 4. The summed E-state index contributed by atoms with van der Waals surface area (Å²) in [5, 5.41) is 7.00. The first-order valence-corrected chi connectivity index (χ1v) is 13.2. The number of nitrogens with one attached hydrogen (secondary N) is 1. The Hall–Kier alpha value is -2.61. The van der Waals surface area contributed by atoms with Crippen LogP contribution in [-0.2, 0) is 18.9 Å². The van der Waals surface area contributed by atoms with Gasteiger partial charge in [-0.05, 0) is 46.8 Å². The third kappa shape index (κ3) is 7.33. The molecule has 2 aromatic heterocycles. The van der Waals surface area contributed by atoms with E-state index in [2.05, 4.69) is 15.4 Å². The first kappa shape index (κ1) is 29.4. The summed E-state index contributed by atoms with van der Waals surface area (Å²) in [6.07, 6.45) is -0.613. The van der Waals surface area contributed by atoms with E-state index in [9.17, 15) is 13.6 Å². The number of aromatic nitrogens is 3. The highest BCUT2D eigenvalue weighted by Gasteiger charge is 2.45. The number of nitrogens with zero attached hydrogens (tertiary/aromatic N) is 4. The monoisotopic (exact) mass is 554 g/mol. The number of piperidine rings is 1. The molecule has 13 heteroatoms. The molecule has 218 valence electrons. The van der Waals surface area contributed by atoms with Crippen LogP contribution in [0.4, 0.5) is 19.4 Å². The molecule has 1 amide bonds. The maximum atomic E-state index is 14.4. The van der Waals surface area contributed by atoms with Gasteiger partial charge in [0.1, 0.15) is 23.5 Å². The smallest absolute Gasteiger partial charge is 0.407 e. The number of rotatable bonds is 8. The van der Waals surface area contributed by atoms with Crippen LogP contribution >= 0.6 is 0 Å². The highest BCUT2D eigenvalue weighted by atomic mass is 19.3. The predicted molar refractivity (Wildman–Crippen MR) is 139 cm³/mol. The lowest BCUT2D eigenvalue weighted by Gasteiger charge is -2.40. The fourth-order valence-electron chi connectivity index (χ4n) is 5.11. The number of halogens is 2. The summed E-state index contributed by atoms with van der Waals surface area (Å²) in [5.41, 5.74) is 6.73. The molecule has 0 unspecified atom stereocenters. The topological polar surface area (TPSA) is 125 Å². The molecule has 4 atom stereocenters. The molecule has 0 aliphatic carbocycles. The number of likely N-dealkylation sites (tertiary alicyclic amines) is 1. The first-order valence-electron chi connectivity index (χ1n) is 13.2. The Morgan fingerprint density at radius 2 is 2.03 bits per heavy atom. The van der Waals surface area contributed by atoms with Crippen molar-refractivity contribution in [2.75, 3.05) is 32.5 Å². The van der Waals surface area contributed by atoms with Crippen molar-refractivity contribution < 1.29 is 32.5 Å². The number of alkyl carbamates (subject to hydrolysis) is 1. The number of hydrogen-bond acceptors (Lipinski definition) is 9. The van der Waals surface area contributed by atoms with E-state index >= 15 is 0 Å². The maximum absolute atomic E-state index is 14.4. The number of hydrogen-bond donors (Lipinski definition) is 2. The number of fused-ring (bicyclic) bond motifs is 1. The van der Waals surface area contributed by atoms with Gasteiger partial charge in [0.2, 0.25) is 0 Å². The van der Waals surface area contributed by atoms with E-state index in [1.165, 1.54) is 6.33 Å². The highest BCUT2D eigenvalue weighted by Crippen LogP contribution is 2.40. The van der Waals surface area contributed by atoms with E-state index in [-0.39, 0.29) is 32.0 Å². The lowest BCUT2D eigenvalue weighted by atomic mass is 9.97. The van der Waals surface area contributed by atoms with Crippen LogP contribution in [0.2, 0.25) is 0 Å². The molecule has 11 nitrogen and oxygen atoms in total. The standard InChI is InChI=1S/C26H40F2N6O5/c1-24(2,3)39-23(35)30-13-16-12-26(27,28)9-10-33(16)14-17-11-20(38-25(4,5)36-6)21(37-17)18-7-8-19-22(29)31-15-32-34(18)19/h7-8,15-17,20-21H,9-14H2,1-6H3,(H,30,35)(H2,29,31,32)/t16-,17-,20+,21-/m0/s1. The van der Waals surface area contributed by atoms with Gasteiger partial charge in [-0.3, -0.25) is 4.90 Å². The number of methoxy groups -OCH3 is 1. The van der Waals surface area contributed by atoms with Gasteiger partial charge in [0.15, 0.2) is 11.6 Å². The molecule has 2 saturated heterocycles. The van der Waals surface area contributed by atoms with Crippen LogP contribution in [0, 0.1) is 0 Å². The van der Waals surface area contributed by atoms with Gasteiger partial charge in [-0.2, -0.15) is 5.10 Å². The molecule has 2 aliphatic rings. The predicted octanol–water partition coefficient (Wildman–Crippen LogP) is 3.53. The molecule has 4 rings (SSSR count). The summed E-state index contributed by atoms with van der Waals surface area (Å²) in [7, 11) is 1.57. The van der Waals surface area contributed by atoms with Crippen molar-refractivity contribution in [3.05, 3.63) is 24.2 Å². The Labute approximate surface area is 227 Å². The molecule has 0 radical (unpaired) electrons. The zero-order valence-corrected chi connectivity index (χ0v) is 23.4. The van der Waals surface area contributed by atoms with Crippen molar-refractivity contribution in [3.8, 4) is 0 Å². The van der Waals surface area contributed by atoms with Crippen LogP contribution in [0.1, 0.15) is 65.7 Å². The zero-order chi connectivity index (χ0) is 28.6. The molecule has 0 aromatic carbocycles. The molecular formula is C26H40F2N6O5. The fraction of sp³-hybridized carbons (Fsp3) is 0.731. The maximum Gasteiger partial charge on any atom is 0.407 e. The summed E-state index contributed by atoms with van der Waals surface area (Å²) in [5.74, 6) is -3.35. The van der Waals surface area contributed by atoms with E-state index in [1.807, 2.05) is 30.9 Å². The van der Waals surface area contributed by atoms with Crippen LogP contribution in [0.3, 0.4) is 0 Å². The van der Waals surface area contributed by atoms with E-state index in [4.69, 9.17) is 24.7 Å². The Bertz CT molecular complexity index is 1150. The Balaban J connectivity index is 1.51. The van der Waals surface area contributed by atoms with Crippen LogP contribution in [-0.4, -0.2) is 87.9 Å². The van der Waals surface area contributed by atoms with E-state index < -0.39 is 41.7 Å². The number of alkyl halides is 2. The second kappa shape index (κ2) is 11.1.